The molecule has 1 amide bonds. The second kappa shape index (κ2) is 7.84. The summed E-state index contributed by atoms with van der Waals surface area (Å²) in [6.45, 7) is 0. The minimum atomic E-state index is -0.148. The van der Waals surface area contributed by atoms with E-state index in [1.165, 1.54) is 0 Å². The van der Waals surface area contributed by atoms with Gasteiger partial charge in [0.1, 0.15) is 0 Å². The molecule has 3 aromatic carbocycles. The van der Waals surface area contributed by atoms with E-state index in [0.717, 1.165) is 22.7 Å². The number of carbonyl (C=O) groups is 1. The van der Waals surface area contributed by atoms with Gasteiger partial charge in [-0.1, -0.05) is 18.2 Å². The van der Waals surface area contributed by atoms with E-state index in [1.54, 1.807) is 6.08 Å². The fourth-order valence-electron chi connectivity index (χ4n) is 2.46. The average Bonchev–Trinajstić information content (AvgIpc) is 2.64. The lowest BCUT2D eigenvalue weighted by Gasteiger charge is -2.08. The molecule has 0 heterocycles. The molecule has 3 aromatic rings. The lowest BCUT2D eigenvalue weighted by atomic mass is 9.91. The molecular formula is C22H18NO+. The molecule has 116 valence electrons. The molecule has 0 aliphatic carbocycles. The number of rotatable bonds is 5. The molecule has 0 aromatic heterocycles. The van der Waals surface area contributed by atoms with Crippen LogP contribution in [-0.2, 0) is 4.79 Å². The Morgan fingerprint density at radius 1 is 0.708 bits per heavy atom. The molecule has 2 nitrogen and oxygen atoms in total. The number of amides is 1. The SMILES string of the molecule is O=C(C=C[C+](c1ccccc1)c1ccccc1)Nc1ccccc1. The Balaban J connectivity index is 1.80. The van der Waals surface area contributed by atoms with Crippen molar-refractivity contribution in [3.8, 4) is 0 Å². The number of para-hydroxylation sites is 1. The Morgan fingerprint density at radius 2 is 1.17 bits per heavy atom. The second-order valence-electron chi connectivity index (χ2n) is 5.33. The molecule has 0 aliphatic heterocycles. The van der Waals surface area contributed by atoms with Crippen molar-refractivity contribution < 1.29 is 4.79 Å². The van der Waals surface area contributed by atoms with E-state index in [0.29, 0.717) is 0 Å². The Labute approximate surface area is 142 Å². The molecule has 0 saturated carbocycles. The molecule has 2 heteroatoms. The molecule has 0 unspecified atom stereocenters. The van der Waals surface area contributed by atoms with E-state index in [2.05, 4.69) is 5.32 Å². The van der Waals surface area contributed by atoms with Crippen molar-refractivity contribution in [1.82, 2.24) is 0 Å². The minimum Gasteiger partial charge on any atom is -0.317 e. The molecule has 0 fully saturated rings. The predicted molar refractivity (Wildman–Crippen MR) is 98.5 cm³/mol. The third kappa shape index (κ3) is 4.14. The zero-order valence-electron chi connectivity index (χ0n) is 13.2. The molecule has 0 saturated heterocycles. The van der Waals surface area contributed by atoms with Crippen molar-refractivity contribution >= 4 is 11.6 Å². The van der Waals surface area contributed by atoms with Gasteiger partial charge in [-0.2, -0.15) is 0 Å². The van der Waals surface area contributed by atoms with E-state index in [4.69, 9.17) is 0 Å². The quantitative estimate of drug-likeness (QED) is 0.529. The van der Waals surface area contributed by atoms with Gasteiger partial charge in [0.15, 0.2) is 0 Å². The minimum absolute atomic E-state index is 0.148. The summed E-state index contributed by atoms with van der Waals surface area (Å²) in [5, 5.41) is 2.86. The molecule has 0 aliphatic rings. The summed E-state index contributed by atoms with van der Waals surface area (Å²) in [7, 11) is 0. The van der Waals surface area contributed by atoms with Gasteiger partial charge >= 0.3 is 0 Å². The van der Waals surface area contributed by atoms with Crippen LogP contribution < -0.4 is 5.32 Å². The number of allylic oxidation sites excluding steroid dienone is 1. The molecule has 0 atom stereocenters. The maximum atomic E-state index is 12.2. The van der Waals surface area contributed by atoms with Gasteiger partial charge in [0.25, 0.3) is 5.91 Å². The van der Waals surface area contributed by atoms with E-state index < -0.39 is 0 Å². The number of hydrogen-bond acceptors (Lipinski definition) is 1. The smallest absolute Gasteiger partial charge is 0.275 e. The molecule has 0 bridgehead atoms. The van der Waals surface area contributed by atoms with Crippen LogP contribution >= 0.6 is 0 Å². The fraction of sp³-hybridized carbons (Fsp3) is 0. The summed E-state index contributed by atoms with van der Waals surface area (Å²) in [6.07, 6.45) is 3.44. The van der Waals surface area contributed by atoms with Crippen molar-refractivity contribution in [2.75, 3.05) is 5.32 Å². The van der Waals surface area contributed by atoms with Crippen LogP contribution in [0.25, 0.3) is 0 Å². The summed E-state index contributed by atoms with van der Waals surface area (Å²) < 4.78 is 0. The molecular weight excluding hydrogens is 294 g/mol. The van der Waals surface area contributed by atoms with Gasteiger partial charge < -0.3 is 5.32 Å². The van der Waals surface area contributed by atoms with Crippen LogP contribution in [0.4, 0.5) is 5.69 Å². The third-order valence-corrected chi connectivity index (χ3v) is 3.61. The average molecular weight is 312 g/mol. The van der Waals surface area contributed by atoms with E-state index in [9.17, 15) is 4.79 Å². The number of anilines is 1. The Hall–Kier alpha value is -3.26. The summed E-state index contributed by atoms with van der Waals surface area (Å²) >= 11 is 0. The van der Waals surface area contributed by atoms with Gasteiger partial charge in [0, 0.05) is 17.8 Å². The van der Waals surface area contributed by atoms with Crippen molar-refractivity contribution in [2.24, 2.45) is 0 Å². The first-order chi connectivity index (χ1) is 11.8. The number of benzene rings is 3. The lowest BCUT2D eigenvalue weighted by molar-refractivity contribution is -0.111. The van der Waals surface area contributed by atoms with Crippen molar-refractivity contribution in [1.29, 1.82) is 0 Å². The van der Waals surface area contributed by atoms with E-state index in [-0.39, 0.29) is 5.91 Å². The van der Waals surface area contributed by atoms with Crippen molar-refractivity contribution in [3.63, 3.8) is 0 Å². The molecule has 3 rings (SSSR count). The van der Waals surface area contributed by atoms with Gasteiger partial charge in [0.05, 0.1) is 17.0 Å². The Bertz CT molecular complexity index is 756. The summed E-state index contributed by atoms with van der Waals surface area (Å²) in [6, 6.07) is 29.6. The highest BCUT2D eigenvalue weighted by Gasteiger charge is 2.16. The lowest BCUT2D eigenvalue weighted by Crippen LogP contribution is -2.09. The summed E-state index contributed by atoms with van der Waals surface area (Å²) in [4.78, 5) is 12.2. The van der Waals surface area contributed by atoms with Crippen molar-refractivity contribution in [2.45, 2.75) is 0 Å². The Morgan fingerprint density at radius 3 is 1.67 bits per heavy atom. The van der Waals surface area contributed by atoms with Crippen LogP contribution in [0.2, 0.25) is 0 Å². The largest absolute Gasteiger partial charge is 0.317 e. The first-order valence-corrected chi connectivity index (χ1v) is 7.85. The molecule has 0 radical (unpaired) electrons. The first kappa shape index (κ1) is 15.6. The van der Waals surface area contributed by atoms with Gasteiger partial charge in [-0.25, -0.2) is 0 Å². The number of hydrogen-bond donors (Lipinski definition) is 1. The predicted octanol–water partition coefficient (Wildman–Crippen LogP) is 4.85. The van der Waals surface area contributed by atoms with Crippen LogP contribution in [-0.4, -0.2) is 5.91 Å². The third-order valence-electron chi connectivity index (χ3n) is 3.61. The van der Waals surface area contributed by atoms with E-state index >= 15 is 0 Å². The number of carbonyl (C=O) groups excluding carboxylic acids is 1. The van der Waals surface area contributed by atoms with Crippen molar-refractivity contribution in [3.05, 3.63) is 120 Å². The van der Waals surface area contributed by atoms with Crippen LogP contribution in [0.15, 0.2) is 103 Å². The van der Waals surface area contributed by atoms with Gasteiger partial charge in [-0.3, -0.25) is 4.79 Å². The topological polar surface area (TPSA) is 29.1 Å². The zero-order chi connectivity index (χ0) is 16.6. The maximum absolute atomic E-state index is 12.2. The highest BCUT2D eigenvalue weighted by molar-refractivity contribution is 5.99. The maximum Gasteiger partial charge on any atom is 0.275 e. The van der Waals surface area contributed by atoms with Gasteiger partial charge in [0.2, 0.25) is 0 Å². The van der Waals surface area contributed by atoms with Gasteiger partial charge in [-0.05, 0) is 72.8 Å². The fourth-order valence-corrected chi connectivity index (χ4v) is 2.46. The van der Waals surface area contributed by atoms with Crippen LogP contribution in [0.3, 0.4) is 0 Å². The second-order valence-corrected chi connectivity index (χ2v) is 5.33. The summed E-state index contributed by atoms with van der Waals surface area (Å²) in [5.41, 5.74) is 2.94. The molecule has 0 spiro atoms. The standard InChI is InChI=1S/C22H17NO/c24-22(23-20-14-8-3-9-15-20)17-16-21(18-10-4-1-5-11-18)19-12-6-2-7-13-19/h1-17H/p+1. The molecule has 1 N–H and O–H groups in total. The van der Waals surface area contributed by atoms with Crippen LogP contribution in [0.1, 0.15) is 11.1 Å². The van der Waals surface area contributed by atoms with Crippen LogP contribution in [0.5, 0.6) is 0 Å². The summed E-state index contributed by atoms with van der Waals surface area (Å²) in [5.74, 6) is 0.866. The molecule has 24 heavy (non-hydrogen) atoms. The van der Waals surface area contributed by atoms with Crippen LogP contribution in [0, 0.1) is 5.92 Å². The number of nitrogens with one attached hydrogen (secondary N) is 1. The highest BCUT2D eigenvalue weighted by atomic mass is 16.1. The monoisotopic (exact) mass is 312 g/mol. The first-order valence-electron chi connectivity index (χ1n) is 7.85. The highest BCUT2D eigenvalue weighted by Crippen LogP contribution is 2.24. The van der Waals surface area contributed by atoms with E-state index in [1.807, 2.05) is 97.1 Å². The van der Waals surface area contributed by atoms with Gasteiger partial charge in [-0.15, -0.1) is 0 Å². The Kier molecular flexibility index (Phi) is 5.10. The normalized spacial score (nSPS) is 10.5. The zero-order valence-corrected chi connectivity index (χ0v) is 13.2.